The monoisotopic (exact) mass is 350 g/mol. The van der Waals surface area contributed by atoms with Gasteiger partial charge in [-0.25, -0.2) is 0 Å². The van der Waals surface area contributed by atoms with Crippen LogP contribution in [0.25, 0.3) is 0 Å². The first-order valence-electron chi connectivity index (χ1n) is 7.84. The zero-order valence-corrected chi connectivity index (χ0v) is 15.1. The highest BCUT2D eigenvalue weighted by Gasteiger charge is 2.09. The lowest BCUT2D eigenvalue weighted by Crippen LogP contribution is -2.23. The van der Waals surface area contributed by atoms with Gasteiger partial charge in [0.15, 0.2) is 6.29 Å². The summed E-state index contributed by atoms with van der Waals surface area (Å²) in [6, 6.07) is 5.27. The van der Waals surface area contributed by atoms with Gasteiger partial charge in [0, 0.05) is 23.8 Å². The van der Waals surface area contributed by atoms with Crippen LogP contribution in [0.4, 0.5) is 0 Å². The molecule has 3 nitrogen and oxygen atoms in total. The Kier molecular flexibility index (Phi) is 7.45. The molecule has 117 valence electrons. The highest BCUT2D eigenvalue weighted by molar-refractivity contribution is 6.98. The Morgan fingerprint density at radius 2 is 1.95 bits per heavy atom. The second kappa shape index (κ2) is 9.87. The molecule has 3 unspecified atom stereocenters. The van der Waals surface area contributed by atoms with Crippen molar-refractivity contribution in [2.45, 2.75) is 33.3 Å². The molecule has 0 aromatic heterocycles. The summed E-state index contributed by atoms with van der Waals surface area (Å²) in [6.07, 6.45) is -0.377. The molecule has 0 amide bonds. The lowest BCUT2D eigenvalue weighted by Gasteiger charge is -2.18. The van der Waals surface area contributed by atoms with Gasteiger partial charge in [-0.2, -0.15) is 0 Å². The van der Waals surface area contributed by atoms with E-state index in [0.29, 0.717) is 29.9 Å². The van der Waals surface area contributed by atoms with Crippen molar-refractivity contribution in [2.75, 3.05) is 13.2 Å². The van der Waals surface area contributed by atoms with Crippen LogP contribution < -0.4 is 0 Å². The maximum absolute atomic E-state index is 7.77. The third kappa shape index (κ3) is 8.86. The molecule has 0 aliphatic carbocycles. The fourth-order valence-electron chi connectivity index (χ4n) is 1.58. The van der Waals surface area contributed by atoms with Gasteiger partial charge in [-0.15, -0.1) is 0 Å². The SMILES string of the molecule is [2H][Si](C)([B][3H])OCC(C)COC(C)OCc1cc(Cl)cc(Cl)c1. The van der Waals surface area contributed by atoms with Crippen molar-refractivity contribution in [2.24, 2.45) is 5.92 Å². The number of rotatable bonds is 10. The number of halogens is 2. The molecule has 0 heterocycles. The van der Waals surface area contributed by atoms with Crippen LogP contribution in [0.3, 0.4) is 0 Å². The summed E-state index contributed by atoms with van der Waals surface area (Å²) in [5, 5.41) is 1.15. The third-order valence-electron chi connectivity index (χ3n) is 2.62. The minimum absolute atomic E-state index is 0.124. The predicted molar refractivity (Wildman–Crippen MR) is 91.9 cm³/mol. The van der Waals surface area contributed by atoms with Gasteiger partial charge >= 0.3 is 0 Å². The van der Waals surface area contributed by atoms with E-state index in [2.05, 4.69) is 0 Å². The first kappa shape index (κ1) is 15.8. The molecule has 0 bridgehead atoms. The minimum Gasteiger partial charge on any atom is -0.429 e. The van der Waals surface area contributed by atoms with Gasteiger partial charge in [0.2, 0.25) is 0 Å². The molecule has 1 radical (unpaired) electrons. The molecule has 0 fully saturated rings. The van der Waals surface area contributed by atoms with E-state index in [4.69, 9.17) is 39.7 Å². The van der Waals surface area contributed by atoms with E-state index < -0.39 is 8.84 Å². The molecule has 0 aliphatic heterocycles. The summed E-state index contributed by atoms with van der Waals surface area (Å²) < 4.78 is 31.6. The highest BCUT2D eigenvalue weighted by atomic mass is 35.5. The molecule has 21 heavy (non-hydrogen) atoms. The van der Waals surface area contributed by atoms with E-state index in [0.717, 1.165) is 13.0 Å². The van der Waals surface area contributed by atoms with Crippen LogP contribution in [0.15, 0.2) is 18.2 Å². The quantitative estimate of drug-likeness (QED) is 0.478. The second-order valence-corrected chi connectivity index (χ2v) is 7.40. The zero-order chi connectivity index (χ0) is 17.5. The Hall–Kier alpha value is -0.0382. The van der Waals surface area contributed by atoms with Crippen LogP contribution >= 0.6 is 23.2 Å². The minimum atomic E-state index is -2.69. The fraction of sp³-hybridized carbons (Fsp3) is 0.571. The molecular formula is C14H22BCl2O3Si. The van der Waals surface area contributed by atoms with E-state index in [-0.39, 0.29) is 12.2 Å². The Bertz CT molecular complexity index is 477. The van der Waals surface area contributed by atoms with Crippen molar-refractivity contribution in [3.63, 3.8) is 0 Å². The van der Waals surface area contributed by atoms with Crippen molar-refractivity contribution < 1.29 is 13.9 Å². The van der Waals surface area contributed by atoms with Gasteiger partial charge in [0.25, 0.3) is 0 Å². The molecule has 3 atom stereocenters. The average molecular weight is 351 g/mol. The fourth-order valence-corrected chi connectivity index (χ4v) is 2.70. The lowest BCUT2D eigenvalue weighted by atomic mass is 10.2. The summed E-state index contributed by atoms with van der Waals surface area (Å²) in [5.74, 6) is 0.124. The summed E-state index contributed by atoms with van der Waals surface area (Å²) in [4.78, 5) is 0. The van der Waals surface area contributed by atoms with Crippen molar-refractivity contribution >= 4 is 39.4 Å². The molecule has 0 spiro atoms. The molecule has 1 aromatic carbocycles. The van der Waals surface area contributed by atoms with Crippen LogP contribution in [0.1, 0.15) is 19.4 Å². The average Bonchev–Trinajstić information content (AvgIpc) is 2.48. The van der Waals surface area contributed by atoms with E-state index >= 15 is 0 Å². The summed E-state index contributed by atoms with van der Waals surface area (Å²) in [6.45, 7) is 6.67. The van der Waals surface area contributed by atoms with E-state index in [9.17, 15) is 0 Å². The van der Waals surface area contributed by atoms with E-state index in [1.54, 1.807) is 24.7 Å². The van der Waals surface area contributed by atoms with Crippen LogP contribution in [-0.4, -0.2) is 38.3 Å². The Labute approximate surface area is 142 Å². The molecule has 7 heteroatoms. The van der Waals surface area contributed by atoms with E-state index in [1.165, 1.54) is 0 Å². The highest BCUT2D eigenvalue weighted by Crippen LogP contribution is 2.20. The van der Waals surface area contributed by atoms with E-state index in [1.807, 2.05) is 13.8 Å². The number of hydrogen-bond acceptors (Lipinski definition) is 3. The maximum atomic E-state index is 7.77. The number of hydrogen-bond donors (Lipinski definition) is 0. The molecule has 0 aliphatic rings. The van der Waals surface area contributed by atoms with Crippen LogP contribution in [-0.2, 0) is 20.5 Å². The molecule has 0 N–H and O–H groups in total. The largest absolute Gasteiger partial charge is 0.429 e. The summed E-state index contributed by atoms with van der Waals surface area (Å²) in [5.41, 5.74) is 0.885. The molecule has 1 rings (SSSR count). The second-order valence-electron chi connectivity index (χ2n) is 5.02. The van der Waals surface area contributed by atoms with Crippen LogP contribution in [0.2, 0.25) is 16.6 Å². The summed E-state index contributed by atoms with van der Waals surface area (Å²) >= 11 is 11.9. The maximum Gasteiger partial charge on any atom is 0.155 e. The first-order valence-corrected chi connectivity index (χ1v) is 9.51. The van der Waals surface area contributed by atoms with Crippen molar-refractivity contribution in [3.05, 3.63) is 33.8 Å². The van der Waals surface area contributed by atoms with Gasteiger partial charge in [-0.05, 0) is 32.0 Å². The molecule has 1 aromatic rings. The number of benzene rings is 1. The Morgan fingerprint density at radius 1 is 1.29 bits per heavy atom. The van der Waals surface area contributed by atoms with Crippen molar-refractivity contribution in [1.82, 2.24) is 0 Å². The predicted octanol–water partition coefficient (Wildman–Crippen LogP) is 3.28. The topological polar surface area (TPSA) is 27.7 Å². The van der Waals surface area contributed by atoms with Gasteiger partial charge in [-0.3, -0.25) is 0 Å². The molecule has 0 saturated carbocycles. The van der Waals surface area contributed by atoms with Gasteiger partial charge in [0.05, 0.1) is 13.2 Å². The van der Waals surface area contributed by atoms with Crippen molar-refractivity contribution in [1.29, 1.82) is 2.57 Å². The van der Waals surface area contributed by atoms with Crippen LogP contribution in [0.5, 0.6) is 0 Å². The van der Waals surface area contributed by atoms with Crippen molar-refractivity contribution in [3.8, 4) is 0 Å². The third-order valence-corrected chi connectivity index (χ3v) is 3.68. The normalized spacial score (nSPS) is 18.3. The van der Waals surface area contributed by atoms with Gasteiger partial charge in [0.1, 0.15) is 16.2 Å². The first-order chi connectivity index (χ1) is 10.7. The zero-order valence-electron chi connectivity index (χ0n) is 14.6. The lowest BCUT2D eigenvalue weighted by molar-refractivity contribution is -0.146. The smallest absolute Gasteiger partial charge is 0.155 e. The molecule has 0 saturated heterocycles. The van der Waals surface area contributed by atoms with Crippen LogP contribution in [0, 0.1) is 5.92 Å². The summed E-state index contributed by atoms with van der Waals surface area (Å²) in [7, 11) is -1.59. The van der Waals surface area contributed by atoms with Gasteiger partial charge < -0.3 is 13.9 Å². The van der Waals surface area contributed by atoms with Gasteiger partial charge in [-0.1, -0.05) is 36.7 Å². The standard InChI is InChI=1S/C14H22BCl2O3Si/c1-10(8-20-21(3)15)7-18-11(2)19-9-12-4-13(16)6-14(17)5-12/h4-6,10-11,15,21H,7-9H2,1-3H3/i15T,21D. The Morgan fingerprint density at radius 3 is 2.57 bits per heavy atom. The molecular weight excluding hydrogens is 326 g/mol. The Balaban J connectivity index is 2.27. The number of ether oxygens (including phenoxy) is 2.